The van der Waals surface area contributed by atoms with Crippen LogP contribution in [0.3, 0.4) is 0 Å². The number of aromatic nitrogens is 3. The first-order chi connectivity index (χ1) is 6.58. The van der Waals surface area contributed by atoms with Crippen LogP contribution in [0.1, 0.15) is 25.4 Å². The van der Waals surface area contributed by atoms with Gasteiger partial charge in [-0.3, -0.25) is 4.79 Å². The van der Waals surface area contributed by atoms with Crippen molar-refractivity contribution in [3.05, 3.63) is 17.7 Å². The second-order valence-electron chi connectivity index (χ2n) is 3.53. The molecule has 0 spiro atoms. The van der Waals surface area contributed by atoms with E-state index in [0.717, 1.165) is 12.1 Å². The minimum Gasteiger partial charge on any atom is -0.481 e. The van der Waals surface area contributed by atoms with Crippen molar-refractivity contribution >= 4 is 5.97 Å². The summed E-state index contributed by atoms with van der Waals surface area (Å²) in [4.78, 5) is 14.5. The average Bonchev–Trinajstić information content (AvgIpc) is 2.01. The molecule has 0 fully saturated rings. The van der Waals surface area contributed by atoms with Crippen molar-refractivity contribution < 1.29 is 9.90 Å². The summed E-state index contributed by atoms with van der Waals surface area (Å²) < 4.78 is 0. The molecular formula is C9H13N3O2. The molecule has 1 aromatic heterocycles. The molecule has 5 nitrogen and oxygen atoms in total. The molecule has 1 heterocycles. The number of carboxylic acid groups (broad SMARTS) is 1. The number of aliphatic carboxylic acids is 1. The van der Waals surface area contributed by atoms with Gasteiger partial charge in [-0.2, -0.15) is 5.10 Å². The van der Waals surface area contributed by atoms with Gasteiger partial charge >= 0.3 is 5.97 Å². The van der Waals surface area contributed by atoms with Crippen molar-refractivity contribution in [3.63, 3.8) is 0 Å². The first kappa shape index (κ1) is 10.6. The van der Waals surface area contributed by atoms with Crippen molar-refractivity contribution in [3.8, 4) is 0 Å². The van der Waals surface area contributed by atoms with Gasteiger partial charge in [-0.1, -0.05) is 13.8 Å². The Balaban J connectivity index is 2.73. The maximum Gasteiger partial charge on any atom is 0.311 e. The summed E-state index contributed by atoms with van der Waals surface area (Å²) in [6.07, 6.45) is 2.20. The topological polar surface area (TPSA) is 76.0 Å². The van der Waals surface area contributed by atoms with Gasteiger partial charge in [0.1, 0.15) is 6.42 Å². The molecule has 0 aliphatic carbocycles. The molecule has 0 aliphatic rings. The summed E-state index contributed by atoms with van der Waals surface area (Å²) >= 11 is 0. The van der Waals surface area contributed by atoms with Crippen molar-refractivity contribution in [2.45, 2.75) is 26.7 Å². The van der Waals surface area contributed by atoms with E-state index < -0.39 is 5.97 Å². The summed E-state index contributed by atoms with van der Waals surface area (Å²) in [6, 6.07) is 0. The molecule has 76 valence electrons. The molecule has 1 N–H and O–H groups in total. The van der Waals surface area contributed by atoms with Crippen LogP contribution in [0.5, 0.6) is 0 Å². The van der Waals surface area contributed by atoms with E-state index in [9.17, 15) is 4.79 Å². The van der Waals surface area contributed by atoms with E-state index in [-0.39, 0.29) is 12.2 Å². The van der Waals surface area contributed by atoms with E-state index in [1.165, 1.54) is 0 Å². The third kappa shape index (κ3) is 3.47. The Kier molecular flexibility index (Phi) is 3.50. The highest BCUT2D eigenvalue weighted by Crippen LogP contribution is 2.03. The third-order valence-electron chi connectivity index (χ3n) is 1.58. The molecule has 0 bridgehead atoms. The molecule has 1 aromatic rings. The Morgan fingerprint density at radius 1 is 1.57 bits per heavy atom. The number of nitrogens with zero attached hydrogens (tertiary/aromatic N) is 3. The molecule has 0 aromatic carbocycles. The highest BCUT2D eigenvalue weighted by molar-refractivity contribution is 5.68. The quantitative estimate of drug-likeness (QED) is 0.765. The van der Waals surface area contributed by atoms with Gasteiger partial charge in [-0.05, 0) is 12.3 Å². The van der Waals surface area contributed by atoms with Crippen LogP contribution in [-0.2, 0) is 17.6 Å². The zero-order valence-corrected chi connectivity index (χ0v) is 8.27. The van der Waals surface area contributed by atoms with Crippen molar-refractivity contribution in [2.24, 2.45) is 5.92 Å². The Morgan fingerprint density at radius 3 is 2.86 bits per heavy atom. The molecule has 14 heavy (non-hydrogen) atoms. The minimum atomic E-state index is -0.937. The fourth-order valence-electron chi connectivity index (χ4n) is 1.11. The van der Waals surface area contributed by atoms with Crippen molar-refractivity contribution in [2.75, 3.05) is 0 Å². The maximum atomic E-state index is 10.4. The maximum absolute atomic E-state index is 10.4. The lowest BCUT2D eigenvalue weighted by Crippen LogP contribution is -2.09. The molecule has 5 heteroatoms. The van der Waals surface area contributed by atoms with Crippen LogP contribution < -0.4 is 0 Å². The van der Waals surface area contributed by atoms with Crippen LogP contribution in [0.25, 0.3) is 0 Å². The van der Waals surface area contributed by atoms with Gasteiger partial charge in [0, 0.05) is 0 Å². The van der Waals surface area contributed by atoms with E-state index in [0.29, 0.717) is 5.92 Å². The zero-order valence-electron chi connectivity index (χ0n) is 8.27. The number of carboxylic acids is 1. The molecule has 1 rings (SSSR count). The minimum absolute atomic E-state index is 0.168. The highest BCUT2D eigenvalue weighted by Gasteiger charge is 2.06. The Hall–Kier alpha value is -1.52. The van der Waals surface area contributed by atoms with Gasteiger partial charge < -0.3 is 5.11 Å². The number of carbonyl (C=O) groups is 1. The van der Waals surface area contributed by atoms with Gasteiger partial charge in [0.25, 0.3) is 0 Å². The van der Waals surface area contributed by atoms with Crippen LogP contribution in [0.15, 0.2) is 6.20 Å². The molecule has 0 atom stereocenters. The lowest BCUT2D eigenvalue weighted by Gasteiger charge is -2.03. The standard InChI is InChI=1S/C9H13N3O2/c1-6(2)3-7-5-10-12-8(11-7)4-9(13)14/h5-6H,3-4H2,1-2H3,(H,13,14). The van der Waals surface area contributed by atoms with E-state index in [4.69, 9.17) is 5.11 Å². The van der Waals surface area contributed by atoms with Gasteiger partial charge in [-0.15, -0.1) is 5.10 Å². The third-order valence-corrected chi connectivity index (χ3v) is 1.58. The normalized spacial score (nSPS) is 10.5. The molecule has 0 radical (unpaired) electrons. The van der Waals surface area contributed by atoms with Gasteiger partial charge in [0.15, 0.2) is 5.82 Å². The van der Waals surface area contributed by atoms with Gasteiger partial charge in [-0.25, -0.2) is 4.98 Å². The monoisotopic (exact) mass is 195 g/mol. The number of hydrogen-bond donors (Lipinski definition) is 1. The number of hydrogen-bond acceptors (Lipinski definition) is 4. The fraction of sp³-hybridized carbons (Fsp3) is 0.556. The number of rotatable bonds is 4. The fourth-order valence-corrected chi connectivity index (χ4v) is 1.11. The average molecular weight is 195 g/mol. The summed E-state index contributed by atoms with van der Waals surface area (Å²) in [7, 11) is 0. The summed E-state index contributed by atoms with van der Waals surface area (Å²) in [5, 5.41) is 15.9. The first-order valence-electron chi connectivity index (χ1n) is 4.47. The summed E-state index contributed by atoms with van der Waals surface area (Å²) in [5.41, 5.74) is 0.797. The smallest absolute Gasteiger partial charge is 0.311 e. The second kappa shape index (κ2) is 4.64. The molecular weight excluding hydrogens is 182 g/mol. The predicted molar refractivity (Wildman–Crippen MR) is 49.7 cm³/mol. The van der Waals surface area contributed by atoms with Gasteiger partial charge in [0.2, 0.25) is 0 Å². The lowest BCUT2D eigenvalue weighted by molar-refractivity contribution is -0.136. The molecule has 0 amide bonds. The molecule has 0 aliphatic heterocycles. The summed E-state index contributed by atoms with van der Waals surface area (Å²) in [5.74, 6) is -0.187. The van der Waals surface area contributed by atoms with Crippen molar-refractivity contribution in [1.29, 1.82) is 0 Å². The van der Waals surface area contributed by atoms with E-state index in [1.54, 1.807) is 6.20 Å². The first-order valence-corrected chi connectivity index (χ1v) is 4.47. The van der Waals surface area contributed by atoms with Crippen LogP contribution in [0.2, 0.25) is 0 Å². The van der Waals surface area contributed by atoms with Gasteiger partial charge in [0.05, 0.1) is 11.9 Å². The van der Waals surface area contributed by atoms with Crippen LogP contribution in [0.4, 0.5) is 0 Å². The molecule has 0 unspecified atom stereocenters. The molecule has 0 saturated carbocycles. The van der Waals surface area contributed by atoms with E-state index >= 15 is 0 Å². The largest absolute Gasteiger partial charge is 0.481 e. The predicted octanol–water partition coefficient (Wildman–Crippen LogP) is 0.697. The Morgan fingerprint density at radius 2 is 2.29 bits per heavy atom. The molecule has 0 saturated heterocycles. The van der Waals surface area contributed by atoms with E-state index in [2.05, 4.69) is 29.0 Å². The van der Waals surface area contributed by atoms with Crippen LogP contribution >= 0.6 is 0 Å². The highest BCUT2D eigenvalue weighted by atomic mass is 16.4. The lowest BCUT2D eigenvalue weighted by atomic mass is 10.1. The van der Waals surface area contributed by atoms with Crippen LogP contribution in [-0.4, -0.2) is 26.3 Å². The Labute approximate surface area is 82.2 Å². The summed E-state index contributed by atoms with van der Waals surface area (Å²) in [6.45, 7) is 4.14. The second-order valence-corrected chi connectivity index (χ2v) is 3.53. The zero-order chi connectivity index (χ0) is 10.6. The Bertz CT molecular complexity index is 326. The van der Waals surface area contributed by atoms with Crippen molar-refractivity contribution in [1.82, 2.24) is 15.2 Å². The van der Waals surface area contributed by atoms with E-state index in [1.807, 2.05) is 0 Å². The van der Waals surface area contributed by atoms with Crippen LogP contribution in [0, 0.1) is 5.92 Å². The SMILES string of the molecule is CC(C)Cc1cnnc(CC(=O)O)n1.